The van der Waals surface area contributed by atoms with Crippen molar-refractivity contribution in [1.82, 2.24) is 4.90 Å². The van der Waals surface area contributed by atoms with Gasteiger partial charge in [0.1, 0.15) is 0 Å². The average molecular weight is 256 g/mol. The zero-order valence-corrected chi connectivity index (χ0v) is 11.5. The van der Waals surface area contributed by atoms with Crippen molar-refractivity contribution in [2.24, 2.45) is 11.7 Å². The summed E-state index contributed by atoms with van der Waals surface area (Å²) in [6.45, 7) is 4.16. The van der Waals surface area contributed by atoms with Crippen molar-refractivity contribution >= 4 is 11.9 Å². The van der Waals surface area contributed by atoms with Gasteiger partial charge in [0.15, 0.2) is 6.04 Å². The molecule has 1 atom stereocenters. The smallest absolute Gasteiger partial charge is 0.332 e. The first-order chi connectivity index (χ1) is 8.47. The summed E-state index contributed by atoms with van der Waals surface area (Å²) in [4.78, 5) is 25.1. The van der Waals surface area contributed by atoms with Crippen LogP contribution in [0, 0.1) is 5.92 Å². The molecule has 0 spiro atoms. The second-order valence-electron chi connectivity index (χ2n) is 5.09. The zero-order valence-electron chi connectivity index (χ0n) is 11.5. The van der Waals surface area contributed by atoms with Crippen molar-refractivity contribution in [2.75, 3.05) is 13.7 Å². The molecule has 1 rings (SSSR count). The second kappa shape index (κ2) is 6.73. The molecule has 0 bridgehead atoms. The number of likely N-dealkylation sites (N-methyl/N-ethyl adjacent to an activating group) is 1. The van der Waals surface area contributed by atoms with Crippen LogP contribution in [0.3, 0.4) is 0 Å². The number of amides is 1. The van der Waals surface area contributed by atoms with Crippen LogP contribution in [0.5, 0.6) is 0 Å². The van der Waals surface area contributed by atoms with E-state index in [2.05, 4.69) is 6.92 Å². The largest absolute Gasteiger partial charge is 0.464 e. The van der Waals surface area contributed by atoms with Gasteiger partial charge >= 0.3 is 5.97 Å². The number of esters is 1. The molecule has 104 valence electrons. The van der Waals surface area contributed by atoms with Crippen LogP contribution >= 0.6 is 0 Å². The monoisotopic (exact) mass is 256 g/mol. The molecule has 0 saturated heterocycles. The van der Waals surface area contributed by atoms with Crippen molar-refractivity contribution in [2.45, 2.75) is 51.6 Å². The number of ether oxygens (including phenoxy) is 1. The van der Waals surface area contributed by atoms with E-state index in [1.165, 1.54) is 0 Å². The highest BCUT2D eigenvalue weighted by molar-refractivity contribution is 6.01. The van der Waals surface area contributed by atoms with Gasteiger partial charge in [0.05, 0.1) is 6.61 Å². The number of rotatable bonds is 4. The molecule has 18 heavy (non-hydrogen) atoms. The molecule has 1 fully saturated rings. The molecule has 0 aromatic heterocycles. The van der Waals surface area contributed by atoms with Crippen LogP contribution in [0.1, 0.15) is 39.5 Å². The predicted molar refractivity (Wildman–Crippen MR) is 68.8 cm³/mol. The van der Waals surface area contributed by atoms with Crippen LogP contribution in [0.2, 0.25) is 0 Å². The summed E-state index contributed by atoms with van der Waals surface area (Å²) in [5, 5.41) is 0. The summed E-state index contributed by atoms with van der Waals surface area (Å²) in [6, 6.07) is -0.983. The van der Waals surface area contributed by atoms with Crippen LogP contribution in [-0.4, -0.2) is 42.5 Å². The van der Waals surface area contributed by atoms with Crippen LogP contribution in [0.4, 0.5) is 0 Å². The molecule has 1 aliphatic rings. The molecule has 0 aromatic rings. The third kappa shape index (κ3) is 3.70. The van der Waals surface area contributed by atoms with Gasteiger partial charge in [-0.3, -0.25) is 4.79 Å². The molecule has 1 unspecified atom stereocenters. The lowest BCUT2D eigenvalue weighted by molar-refractivity contribution is -0.151. The highest BCUT2D eigenvalue weighted by Gasteiger charge is 2.31. The number of nitrogens with zero attached hydrogens (tertiary/aromatic N) is 1. The van der Waals surface area contributed by atoms with Crippen molar-refractivity contribution in [3.63, 3.8) is 0 Å². The fourth-order valence-corrected chi connectivity index (χ4v) is 2.36. The predicted octanol–water partition coefficient (Wildman–Crippen LogP) is 0.914. The van der Waals surface area contributed by atoms with E-state index in [9.17, 15) is 9.59 Å². The second-order valence-corrected chi connectivity index (χ2v) is 5.09. The lowest BCUT2D eigenvalue weighted by atomic mass is 9.86. The normalized spacial score (nSPS) is 25.3. The van der Waals surface area contributed by atoms with Gasteiger partial charge in [-0.15, -0.1) is 0 Å². The molecule has 1 aliphatic carbocycles. The lowest BCUT2D eigenvalue weighted by Crippen LogP contribution is -2.51. The van der Waals surface area contributed by atoms with Gasteiger partial charge in [-0.2, -0.15) is 0 Å². The highest BCUT2D eigenvalue weighted by atomic mass is 16.5. The van der Waals surface area contributed by atoms with E-state index in [1.54, 1.807) is 18.9 Å². The maximum absolute atomic E-state index is 12.0. The van der Waals surface area contributed by atoms with E-state index in [-0.39, 0.29) is 18.6 Å². The fraction of sp³-hybridized carbons (Fsp3) is 0.846. The molecule has 0 aromatic carbocycles. The van der Waals surface area contributed by atoms with Crippen molar-refractivity contribution in [3.05, 3.63) is 0 Å². The number of hydrogen-bond acceptors (Lipinski definition) is 4. The third-order valence-electron chi connectivity index (χ3n) is 3.69. The van der Waals surface area contributed by atoms with Crippen molar-refractivity contribution in [3.8, 4) is 0 Å². The lowest BCUT2D eigenvalue weighted by Gasteiger charge is -2.34. The van der Waals surface area contributed by atoms with Crippen LogP contribution in [0.15, 0.2) is 0 Å². The summed E-state index contributed by atoms with van der Waals surface area (Å²) in [7, 11) is 1.72. The Kier molecular flexibility index (Phi) is 5.59. The Hall–Kier alpha value is -1.10. The minimum atomic E-state index is -1.19. The molecule has 5 nitrogen and oxygen atoms in total. The molecule has 0 aliphatic heterocycles. The molecule has 5 heteroatoms. The maximum atomic E-state index is 12.0. The van der Waals surface area contributed by atoms with Gasteiger partial charge in [-0.25, -0.2) is 4.79 Å². The van der Waals surface area contributed by atoms with E-state index in [0.717, 1.165) is 31.6 Å². The van der Waals surface area contributed by atoms with Gasteiger partial charge in [0.2, 0.25) is 0 Å². The number of hydrogen-bond donors (Lipinski definition) is 1. The van der Waals surface area contributed by atoms with Crippen LogP contribution in [0.25, 0.3) is 0 Å². The Morgan fingerprint density at radius 1 is 1.33 bits per heavy atom. The Morgan fingerprint density at radius 3 is 2.39 bits per heavy atom. The van der Waals surface area contributed by atoms with Gasteiger partial charge in [0, 0.05) is 13.1 Å². The van der Waals surface area contributed by atoms with E-state index >= 15 is 0 Å². The molecule has 0 heterocycles. The minimum Gasteiger partial charge on any atom is -0.464 e. The van der Waals surface area contributed by atoms with E-state index in [0.29, 0.717) is 0 Å². The van der Waals surface area contributed by atoms with Crippen molar-refractivity contribution < 1.29 is 14.3 Å². The van der Waals surface area contributed by atoms with Crippen LogP contribution in [-0.2, 0) is 14.3 Å². The first kappa shape index (κ1) is 15.0. The standard InChI is InChI=1S/C13H24N2O3/c1-4-18-13(17)11(14)12(16)15(3)10-7-5-9(2)6-8-10/h9-11H,4-8,14H2,1-3H3. The average Bonchev–Trinajstić information content (AvgIpc) is 2.37. The first-order valence-corrected chi connectivity index (χ1v) is 6.66. The molecule has 0 radical (unpaired) electrons. The molecule has 2 N–H and O–H groups in total. The maximum Gasteiger partial charge on any atom is 0.332 e. The summed E-state index contributed by atoms with van der Waals surface area (Å²) in [6.07, 6.45) is 4.21. The quantitative estimate of drug-likeness (QED) is 0.599. The Balaban J connectivity index is 2.52. The van der Waals surface area contributed by atoms with Crippen LogP contribution < -0.4 is 5.73 Å². The highest BCUT2D eigenvalue weighted by Crippen LogP contribution is 2.26. The Bertz CT molecular complexity index is 299. The van der Waals surface area contributed by atoms with Gasteiger partial charge in [-0.1, -0.05) is 6.92 Å². The van der Waals surface area contributed by atoms with E-state index < -0.39 is 12.0 Å². The first-order valence-electron chi connectivity index (χ1n) is 6.66. The minimum absolute atomic E-state index is 0.203. The number of carbonyl (C=O) groups excluding carboxylic acids is 2. The van der Waals surface area contributed by atoms with E-state index in [1.807, 2.05) is 0 Å². The van der Waals surface area contributed by atoms with Gasteiger partial charge in [0.25, 0.3) is 5.91 Å². The van der Waals surface area contributed by atoms with Gasteiger partial charge < -0.3 is 15.4 Å². The van der Waals surface area contributed by atoms with Crippen molar-refractivity contribution in [1.29, 1.82) is 0 Å². The topological polar surface area (TPSA) is 72.6 Å². The summed E-state index contributed by atoms with van der Waals surface area (Å²) < 4.78 is 4.77. The Labute approximate surface area is 109 Å². The summed E-state index contributed by atoms with van der Waals surface area (Å²) >= 11 is 0. The molecule has 1 amide bonds. The van der Waals surface area contributed by atoms with E-state index in [4.69, 9.17) is 10.5 Å². The number of carbonyl (C=O) groups is 2. The fourth-order valence-electron chi connectivity index (χ4n) is 2.36. The third-order valence-corrected chi connectivity index (χ3v) is 3.69. The zero-order chi connectivity index (χ0) is 13.7. The SMILES string of the molecule is CCOC(=O)C(N)C(=O)N(C)C1CCC(C)CC1. The van der Waals surface area contributed by atoms with Gasteiger partial charge in [-0.05, 0) is 38.5 Å². The summed E-state index contributed by atoms with van der Waals surface area (Å²) in [5.41, 5.74) is 5.62. The summed E-state index contributed by atoms with van der Waals surface area (Å²) in [5.74, 6) is -0.255. The molecular formula is C13H24N2O3. The molecule has 1 saturated carbocycles. The number of nitrogens with two attached hydrogens (primary N) is 1. The molecular weight excluding hydrogens is 232 g/mol. The Morgan fingerprint density at radius 2 is 1.89 bits per heavy atom.